The molecule has 0 aliphatic carbocycles. The molecule has 5 nitrogen and oxygen atoms in total. The van der Waals surface area contributed by atoms with Crippen molar-refractivity contribution >= 4 is 5.91 Å². The van der Waals surface area contributed by atoms with Crippen molar-refractivity contribution < 1.29 is 9.53 Å². The van der Waals surface area contributed by atoms with Gasteiger partial charge in [-0.15, -0.1) is 0 Å². The van der Waals surface area contributed by atoms with Crippen LogP contribution in [0.2, 0.25) is 0 Å². The minimum Gasteiger partial charge on any atom is -0.483 e. The highest BCUT2D eigenvalue weighted by Gasteiger charge is 2.16. The quantitative estimate of drug-likeness (QED) is 0.912. The van der Waals surface area contributed by atoms with Crippen LogP contribution in [0, 0.1) is 25.2 Å². The molecule has 1 aliphatic rings. The first kappa shape index (κ1) is 15.3. The second-order valence-corrected chi connectivity index (χ2v) is 5.32. The normalized spacial score (nSPS) is 15.2. The Labute approximate surface area is 125 Å². The Hall–Kier alpha value is -2.06. The van der Waals surface area contributed by atoms with Crippen molar-refractivity contribution in [1.82, 2.24) is 10.2 Å². The molecule has 0 bridgehead atoms. The molecule has 1 N–H and O–H groups in total. The number of ether oxygens (including phenoxy) is 1. The second kappa shape index (κ2) is 7.09. The van der Waals surface area contributed by atoms with Crippen molar-refractivity contribution in [2.24, 2.45) is 0 Å². The zero-order valence-corrected chi connectivity index (χ0v) is 12.6. The predicted molar refractivity (Wildman–Crippen MR) is 80.2 cm³/mol. The summed E-state index contributed by atoms with van der Waals surface area (Å²) in [6, 6.07) is 5.68. The first-order valence-corrected chi connectivity index (χ1v) is 7.24. The predicted octanol–water partition coefficient (Wildman–Crippen LogP) is 1.38. The molecule has 0 saturated carbocycles. The van der Waals surface area contributed by atoms with Gasteiger partial charge in [0.15, 0.2) is 6.61 Å². The van der Waals surface area contributed by atoms with E-state index in [1.807, 2.05) is 18.7 Å². The van der Waals surface area contributed by atoms with Gasteiger partial charge in [-0.25, -0.2) is 0 Å². The van der Waals surface area contributed by atoms with Crippen LogP contribution in [-0.2, 0) is 4.79 Å². The van der Waals surface area contributed by atoms with Crippen molar-refractivity contribution in [3.05, 3.63) is 28.8 Å². The minimum absolute atomic E-state index is 0.0156. The molecule has 1 aliphatic heterocycles. The van der Waals surface area contributed by atoms with Gasteiger partial charge in [0.25, 0.3) is 5.91 Å². The van der Waals surface area contributed by atoms with Crippen molar-refractivity contribution in [3.8, 4) is 11.8 Å². The van der Waals surface area contributed by atoms with Crippen LogP contribution >= 0.6 is 0 Å². The maximum atomic E-state index is 12.2. The van der Waals surface area contributed by atoms with Crippen molar-refractivity contribution in [3.63, 3.8) is 0 Å². The molecule has 0 unspecified atom stereocenters. The number of carbonyl (C=O) groups is 1. The molecule has 5 heteroatoms. The van der Waals surface area contributed by atoms with Gasteiger partial charge in [0.1, 0.15) is 5.75 Å². The van der Waals surface area contributed by atoms with Gasteiger partial charge in [0.2, 0.25) is 0 Å². The highest BCUT2D eigenvalue weighted by Crippen LogP contribution is 2.24. The van der Waals surface area contributed by atoms with E-state index in [0.29, 0.717) is 11.3 Å². The van der Waals surface area contributed by atoms with Crippen molar-refractivity contribution in [1.29, 1.82) is 5.26 Å². The third kappa shape index (κ3) is 3.96. The van der Waals surface area contributed by atoms with Gasteiger partial charge in [-0.1, -0.05) is 0 Å². The molecule has 1 aromatic rings. The Morgan fingerprint density at radius 2 is 2.05 bits per heavy atom. The van der Waals surface area contributed by atoms with E-state index in [1.54, 1.807) is 12.1 Å². The standard InChI is InChI=1S/C16H21N3O2/c1-12-8-14(10-17)9-13(2)16(12)21-11-15(20)19-6-3-4-18-5-7-19/h8-9,18H,3-7,11H2,1-2H3. The number of aryl methyl sites for hydroxylation is 2. The maximum Gasteiger partial charge on any atom is 0.260 e. The van der Waals surface area contributed by atoms with Crippen LogP contribution in [0.1, 0.15) is 23.1 Å². The summed E-state index contributed by atoms with van der Waals surface area (Å²) in [5.41, 5.74) is 2.39. The molecule has 1 amide bonds. The van der Waals surface area contributed by atoms with E-state index in [9.17, 15) is 4.79 Å². The van der Waals surface area contributed by atoms with Crippen LogP contribution in [0.5, 0.6) is 5.75 Å². The fourth-order valence-electron chi connectivity index (χ4n) is 2.56. The summed E-state index contributed by atoms with van der Waals surface area (Å²) < 4.78 is 5.70. The maximum absolute atomic E-state index is 12.2. The number of nitrogens with zero attached hydrogens (tertiary/aromatic N) is 2. The third-order valence-electron chi connectivity index (χ3n) is 3.62. The lowest BCUT2D eigenvalue weighted by molar-refractivity contribution is -0.133. The summed E-state index contributed by atoms with van der Waals surface area (Å²) in [4.78, 5) is 14.0. The fourth-order valence-corrected chi connectivity index (χ4v) is 2.56. The highest BCUT2D eigenvalue weighted by atomic mass is 16.5. The molecule has 0 aromatic heterocycles. The molecular weight excluding hydrogens is 266 g/mol. The number of benzene rings is 1. The lowest BCUT2D eigenvalue weighted by Gasteiger charge is -2.21. The average Bonchev–Trinajstić information content (AvgIpc) is 2.75. The van der Waals surface area contributed by atoms with Crippen molar-refractivity contribution in [2.45, 2.75) is 20.3 Å². The first-order valence-electron chi connectivity index (χ1n) is 7.24. The summed E-state index contributed by atoms with van der Waals surface area (Å²) in [5, 5.41) is 12.2. The van der Waals surface area contributed by atoms with Gasteiger partial charge in [0, 0.05) is 19.6 Å². The van der Waals surface area contributed by atoms with Gasteiger partial charge in [-0.2, -0.15) is 5.26 Å². The van der Waals surface area contributed by atoms with E-state index in [-0.39, 0.29) is 12.5 Å². The van der Waals surface area contributed by atoms with E-state index < -0.39 is 0 Å². The van der Waals surface area contributed by atoms with E-state index in [1.165, 1.54) is 0 Å². The smallest absolute Gasteiger partial charge is 0.260 e. The highest BCUT2D eigenvalue weighted by molar-refractivity contribution is 5.78. The van der Waals surface area contributed by atoms with E-state index in [0.717, 1.165) is 43.7 Å². The van der Waals surface area contributed by atoms with E-state index >= 15 is 0 Å². The number of hydrogen-bond donors (Lipinski definition) is 1. The molecule has 21 heavy (non-hydrogen) atoms. The minimum atomic E-state index is 0.0156. The van der Waals surface area contributed by atoms with E-state index in [2.05, 4.69) is 11.4 Å². The molecule has 1 fully saturated rings. The summed E-state index contributed by atoms with van der Waals surface area (Å²) in [6.07, 6.45) is 0.973. The Kier molecular flexibility index (Phi) is 5.18. The zero-order valence-electron chi connectivity index (χ0n) is 12.6. The molecule has 1 saturated heterocycles. The van der Waals surface area contributed by atoms with Crippen LogP contribution in [0.3, 0.4) is 0 Å². The monoisotopic (exact) mass is 287 g/mol. The van der Waals surface area contributed by atoms with Gasteiger partial charge in [-0.3, -0.25) is 4.79 Å². The number of rotatable bonds is 3. The molecule has 0 spiro atoms. The largest absolute Gasteiger partial charge is 0.483 e. The number of amides is 1. The van der Waals surface area contributed by atoms with Gasteiger partial charge in [-0.05, 0) is 50.1 Å². The Morgan fingerprint density at radius 3 is 2.71 bits per heavy atom. The summed E-state index contributed by atoms with van der Waals surface area (Å²) in [7, 11) is 0. The van der Waals surface area contributed by atoms with Gasteiger partial charge >= 0.3 is 0 Å². The van der Waals surface area contributed by atoms with Gasteiger partial charge < -0.3 is 15.0 Å². The molecular formula is C16H21N3O2. The molecule has 112 valence electrons. The number of carbonyl (C=O) groups excluding carboxylic acids is 1. The van der Waals surface area contributed by atoms with Gasteiger partial charge in [0.05, 0.1) is 11.6 Å². The van der Waals surface area contributed by atoms with E-state index in [4.69, 9.17) is 10.00 Å². The van der Waals surface area contributed by atoms with Crippen LogP contribution in [0.25, 0.3) is 0 Å². The van der Waals surface area contributed by atoms with Crippen LogP contribution in [-0.4, -0.2) is 43.6 Å². The number of hydrogen-bond acceptors (Lipinski definition) is 4. The average molecular weight is 287 g/mol. The summed E-state index contributed by atoms with van der Waals surface area (Å²) in [6.45, 7) is 7.13. The topological polar surface area (TPSA) is 65.4 Å². The van der Waals surface area contributed by atoms with Crippen LogP contribution in [0.4, 0.5) is 0 Å². The van der Waals surface area contributed by atoms with Crippen LogP contribution in [0.15, 0.2) is 12.1 Å². The lowest BCUT2D eigenvalue weighted by atomic mass is 10.1. The number of nitriles is 1. The summed E-state index contributed by atoms with van der Waals surface area (Å²) in [5.74, 6) is 0.720. The molecule has 1 aromatic carbocycles. The SMILES string of the molecule is Cc1cc(C#N)cc(C)c1OCC(=O)N1CCCNCC1. The number of nitrogens with one attached hydrogen (secondary N) is 1. The third-order valence-corrected chi connectivity index (χ3v) is 3.62. The zero-order chi connectivity index (χ0) is 15.2. The summed E-state index contributed by atoms with van der Waals surface area (Å²) >= 11 is 0. The molecule has 2 rings (SSSR count). The molecule has 1 heterocycles. The Morgan fingerprint density at radius 1 is 1.33 bits per heavy atom. The van der Waals surface area contributed by atoms with Crippen molar-refractivity contribution in [2.75, 3.05) is 32.8 Å². The molecule has 0 atom stereocenters. The fraction of sp³-hybridized carbons (Fsp3) is 0.500. The second-order valence-electron chi connectivity index (χ2n) is 5.32. The Bertz CT molecular complexity index is 532. The van der Waals surface area contributed by atoms with Crippen LogP contribution < -0.4 is 10.1 Å². The lowest BCUT2D eigenvalue weighted by Crippen LogP contribution is -2.37. The Balaban J connectivity index is 1.99. The molecule has 0 radical (unpaired) electrons. The first-order chi connectivity index (χ1) is 10.1.